The maximum Gasteiger partial charge on any atom is 0.165 e. The highest BCUT2D eigenvalue weighted by Gasteiger charge is 2.24. The lowest BCUT2D eigenvalue weighted by Gasteiger charge is -2.33. The minimum Gasteiger partial charge on any atom is -0.368 e. The largest absolute Gasteiger partial charge is 0.368 e. The first kappa shape index (κ1) is 17.1. The number of pyridine rings is 3. The molecule has 5 rings (SSSR count). The van der Waals surface area contributed by atoms with Crippen LogP contribution in [0, 0.1) is 11.7 Å². The van der Waals surface area contributed by atoms with E-state index in [1.165, 1.54) is 12.6 Å². The second kappa shape index (κ2) is 6.86. The summed E-state index contributed by atoms with van der Waals surface area (Å²) in [5, 5.41) is 1.79. The summed E-state index contributed by atoms with van der Waals surface area (Å²) in [6.45, 7) is 3.99. The van der Waals surface area contributed by atoms with Crippen molar-refractivity contribution in [3.63, 3.8) is 0 Å². The van der Waals surface area contributed by atoms with Gasteiger partial charge in [-0.25, -0.2) is 9.37 Å². The zero-order valence-corrected chi connectivity index (χ0v) is 15.8. The van der Waals surface area contributed by atoms with Crippen molar-refractivity contribution in [2.75, 3.05) is 18.0 Å². The summed E-state index contributed by atoms with van der Waals surface area (Å²) in [5.74, 6) is 0.476. The van der Waals surface area contributed by atoms with Crippen LogP contribution in [0.4, 0.5) is 10.1 Å². The van der Waals surface area contributed by atoms with Gasteiger partial charge in [0.2, 0.25) is 0 Å². The van der Waals surface area contributed by atoms with E-state index in [0.29, 0.717) is 11.3 Å². The number of piperidine rings is 1. The number of nitrogens with zero attached hydrogens (tertiary/aromatic N) is 4. The third kappa shape index (κ3) is 2.80. The van der Waals surface area contributed by atoms with Crippen LogP contribution in [0.15, 0.2) is 43.0 Å². The molecule has 1 saturated heterocycles. The van der Waals surface area contributed by atoms with Gasteiger partial charge in [-0.2, -0.15) is 0 Å². The molecule has 1 aliphatic rings. The molecule has 0 bridgehead atoms. The normalized spacial score (nSPS) is 15.6. The third-order valence-electron chi connectivity index (χ3n) is 5.90. The lowest BCUT2D eigenvalue weighted by Crippen LogP contribution is -2.34. The fourth-order valence-corrected chi connectivity index (χ4v) is 4.26. The van der Waals surface area contributed by atoms with E-state index in [4.69, 9.17) is 0 Å². The molecule has 0 unspecified atom stereocenters. The fraction of sp³-hybridized carbons (Fsp3) is 0.318. The summed E-state index contributed by atoms with van der Waals surface area (Å²) >= 11 is 0. The van der Waals surface area contributed by atoms with E-state index in [1.54, 1.807) is 18.6 Å². The van der Waals surface area contributed by atoms with E-state index in [1.807, 2.05) is 18.2 Å². The number of hydrogen-bond donors (Lipinski definition) is 1. The highest BCUT2D eigenvalue weighted by Crippen LogP contribution is 2.37. The number of hydrogen-bond acceptors (Lipinski definition) is 4. The van der Waals surface area contributed by atoms with Crippen LogP contribution < -0.4 is 4.90 Å². The van der Waals surface area contributed by atoms with Crippen molar-refractivity contribution < 1.29 is 4.39 Å². The average Bonchev–Trinajstić information content (AvgIpc) is 3.12. The molecule has 1 fully saturated rings. The Morgan fingerprint density at radius 3 is 2.79 bits per heavy atom. The number of aromatic nitrogens is 4. The minimum absolute atomic E-state index is 0.261. The molecule has 4 aromatic heterocycles. The van der Waals surface area contributed by atoms with Crippen molar-refractivity contribution in [2.45, 2.75) is 26.2 Å². The maximum absolute atomic E-state index is 15.0. The Morgan fingerprint density at radius 1 is 1.18 bits per heavy atom. The fourth-order valence-electron chi connectivity index (χ4n) is 4.26. The number of aromatic amines is 1. The van der Waals surface area contributed by atoms with Gasteiger partial charge >= 0.3 is 0 Å². The SMILES string of the molecule is CCC1CCN(c2c(F)cnc3[nH]c4cnc(-c5cccnc5)cc4c23)CC1. The summed E-state index contributed by atoms with van der Waals surface area (Å²) in [7, 11) is 0. The van der Waals surface area contributed by atoms with Crippen molar-refractivity contribution >= 4 is 27.6 Å². The molecular formula is C22H22FN5. The van der Waals surface area contributed by atoms with Crippen molar-refractivity contribution in [3.05, 3.63) is 48.8 Å². The summed E-state index contributed by atoms with van der Waals surface area (Å²) in [4.78, 5) is 18.5. The molecule has 0 spiro atoms. The van der Waals surface area contributed by atoms with E-state index >= 15 is 0 Å². The molecule has 5 heterocycles. The minimum atomic E-state index is -0.261. The Balaban J connectivity index is 1.68. The van der Waals surface area contributed by atoms with E-state index in [-0.39, 0.29) is 5.82 Å². The molecular weight excluding hydrogens is 353 g/mol. The van der Waals surface area contributed by atoms with Gasteiger partial charge in [0.1, 0.15) is 5.65 Å². The number of fused-ring (bicyclic) bond motifs is 3. The van der Waals surface area contributed by atoms with Crippen LogP contribution in [0.2, 0.25) is 0 Å². The molecule has 0 saturated carbocycles. The zero-order chi connectivity index (χ0) is 19.1. The van der Waals surface area contributed by atoms with Crippen molar-refractivity contribution in [2.24, 2.45) is 5.92 Å². The van der Waals surface area contributed by atoms with Crippen LogP contribution in [0.3, 0.4) is 0 Å². The first-order valence-corrected chi connectivity index (χ1v) is 9.86. The van der Waals surface area contributed by atoms with Gasteiger partial charge in [0.05, 0.1) is 34.7 Å². The topological polar surface area (TPSA) is 57.7 Å². The van der Waals surface area contributed by atoms with Crippen molar-refractivity contribution in [1.82, 2.24) is 19.9 Å². The molecule has 0 radical (unpaired) electrons. The Kier molecular flexibility index (Phi) is 4.19. The van der Waals surface area contributed by atoms with Gasteiger partial charge in [0.15, 0.2) is 5.82 Å². The Labute approximate surface area is 162 Å². The Morgan fingerprint density at radius 2 is 2.04 bits per heavy atom. The van der Waals surface area contributed by atoms with Gasteiger partial charge in [-0.1, -0.05) is 13.3 Å². The predicted molar refractivity (Wildman–Crippen MR) is 110 cm³/mol. The van der Waals surface area contributed by atoms with Crippen LogP contribution in [0.1, 0.15) is 26.2 Å². The highest BCUT2D eigenvalue weighted by atomic mass is 19.1. The Hall–Kier alpha value is -3.02. The van der Waals surface area contributed by atoms with Crippen LogP contribution in [-0.2, 0) is 0 Å². The molecule has 142 valence electrons. The first-order valence-electron chi connectivity index (χ1n) is 9.86. The number of H-pyrrole nitrogens is 1. The summed E-state index contributed by atoms with van der Waals surface area (Å²) in [5.41, 5.74) is 3.99. The lowest BCUT2D eigenvalue weighted by atomic mass is 9.94. The van der Waals surface area contributed by atoms with Gasteiger partial charge in [-0.3, -0.25) is 9.97 Å². The molecule has 0 aromatic carbocycles. The van der Waals surface area contributed by atoms with Crippen molar-refractivity contribution in [3.8, 4) is 11.3 Å². The predicted octanol–water partition coefficient (Wildman–Crippen LogP) is 4.94. The smallest absolute Gasteiger partial charge is 0.165 e. The van der Waals surface area contributed by atoms with E-state index in [0.717, 1.165) is 59.4 Å². The third-order valence-corrected chi connectivity index (χ3v) is 5.90. The van der Waals surface area contributed by atoms with Gasteiger partial charge in [-0.15, -0.1) is 0 Å². The second-order valence-corrected chi connectivity index (χ2v) is 7.50. The van der Waals surface area contributed by atoms with Crippen LogP contribution >= 0.6 is 0 Å². The van der Waals surface area contributed by atoms with Gasteiger partial charge in [0.25, 0.3) is 0 Å². The zero-order valence-electron chi connectivity index (χ0n) is 15.8. The van der Waals surface area contributed by atoms with E-state index < -0.39 is 0 Å². The monoisotopic (exact) mass is 375 g/mol. The number of halogens is 1. The maximum atomic E-state index is 15.0. The standard InChI is InChI=1S/C22H22FN5/c1-2-14-5-8-28(9-6-14)21-17(23)12-26-22-20(21)16-10-18(25-13-19(16)27-22)15-4-3-7-24-11-15/h3-4,7,10-14H,2,5-6,8-9H2,1H3,(H,26,27). The molecule has 0 aliphatic carbocycles. The van der Waals surface area contributed by atoms with Crippen LogP contribution in [-0.4, -0.2) is 33.0 Å². The molecule has 1 aliphatic heterocycles. The summed E-state index contributed by atoms with van der Waals surface area (Å²) < 4.78 is 15.0. The van der Waals surface area contributed by atoms with Crippen LogP contribution in [0.25, 0.3) is 33.2 Å². The second-order valence-electron chi connectivity index (χ2n) is 7.50. The molecule has 1 N–H and O–H groups in total. The first-order chi connectivity index (χ1) is 13.7. The lowest BCUT2D eigenvalue weighted by molar-refractivity contribution is 0.393. The number of anilines is 1. The molecule has 5 nitrogen and oxygen atoms in total. The average molecular weight is 375 g/mol. The van der Waals surface area contributed by atoms with Gasteiger partial charge in [-0.05, 0) is 37.0 Å². The molecule has 0 atom stereocenters. The van der Waals surface area contributed by atoms with Crippen molar-refractivity contribution in [1.29, 1.82) is 0 Å². The highest BCUT2D eigenvalue weighted by molar-refractivity contribution is 6.12. The van der Waals surface area contributed by atoms with E-state index in [9.17, 15) is 4.39 Å². The molecule has 0 amide bonds. The van der Waals surface area contributed by atoms with Crippen LogP contribution in [0.5, 0.6) is 0 Å². The number of nitrogens with one attached hydrogen (secondary N) is 1. The Bertz CT molecular complexity index is 1130. The summed E-state index contributed by atoms with van der Waals surface area (Å²) in [6.07, 6.45) is 10.0. The van der Waals surface area contributed by atoms with E-state index in [2.05, 4.69) is 31.8 Å². The van der Waals surface area contributed by atoms with Gasteiger partial charge < -0.3 is 9.88 Å². The quantitative estimate of drug-likeness (QED) is 0.551. The number of rotatable bonds is 3. The molecule has 4 aromatic rings. The van der Waals surface area contributed by atoms with Gasteiger partial charge in [0, 0.05) is 36.4 Å². The molecule has 28 heavy (non-hydrogen) atoms. The summed E-state index contributed by atoms with van der Waals surface area (Å²) in [6, 6.07) is 5.88. The molecule has 6 heteroatoms.